The Kier molecular flexibility index (Phi) is 4.57. The summed E-state index contributed by atoms with van der Waals surface area (Å²) >= 11 is 0. The molecule has 4 heterocycles. The number of carbonyl (C=O) groups excluding carboxylic acids is 4. The Balaban J connectivity index is 1.47. The number of ketones is 1. The van der Waals surface area contributed by atoms with Gasteiger partial charge in [-0.1, -0.05) is 18.2 Å². The quantitative estimate of drug-likeness (QED) is 0.399. The topological polar surface area (TPSA) is 98.8 Å². The smallest absolute Gasteiger partial charge is 0.243 e. The summed E-state index contributed by atoms with van der Waals surface area (Å²) in [6.07, 6.45) is 2.15. The first-order chi connectivity index (χ1) is 14.1. The van der Waals surface area contributed by atoms with Crippen molar-refractivity contribution in [3.63, 3.8) is 0 Å². The second kappa shape index (κ2) is 7.12. The summed E-state index contributed by atoms with van der Waals surface area (Å²) in [5, 5.41) is 5.79. The van der Waals surface area contributed by atoms with Crippen LogP contribution in [0.2, 0.25) is 0 Å². The van der Waals surface area contributed by atoms with Gasteiger partial charge in [0.15, 0.2) is 6.29 Å². The zero-order valence-electron chi connectivity index (χ0n) is 16.1. The summed E-state index contributed by atoms with van der Waals surface area (Å²) in [4.78, 5) is 52.4. The van der Waals surface area contributed by atoms with Crippen LogP contribution in [0, 0.1) is 0 Å². The van der Waals surface area contributed by atoms with E-state index in [9.17, 15) is 19.2 Å². The minimum absolute atomic E-state index is 0.238. The lowest BCUT2D eigenvalue weighted by molar-refractivity contribution is -0.141. The van der Waals surface area contributed by atoms with Gasteiger partial charge in [0.25, 0.3) is 0 Å². The average molecular weight is 396 g/mol. The molecule has 0 aromatic heterocycles. The second-order valence-corrected chi connectivity index (χ2v) is 8.43. The summed E-state index contributed by atoms with van der Waals surface area (Å²) < 4.78 is 0. The molecule has 29 heavy (non-hydrogen) atoms. The van der Waals surface area contributed by atoms with Crippen LogP contribution in [0.3, 0.4) is 0 Å². The number of piperazine rings is 1. The number of imide groups is 1. The van der Waals surface area contributed by atoms with Crippen LogP contribution in [0.5, 0.6) is 0 Å². The van der Waals surface area contributed by atoms with Gasteiger partial charge in [0, 0.05) is 44.7 Å². The molecular formula is C21H24N4O4. The number of hydrogen-bond acceptors (Lipinski definition) is 7. The highest BCUT2D eigenvalue weighted by molar-refractivity contribution is 6.27. The zero-order valence-corrected chi connectivity index (χ0v) is 16.1. The van der Waals surface area contributed by atoms with Crippen LogP contribution in [-0.4, -0.2) is 64.9 Å². The Labute approximate surface area is 168 Å². The third-order valence-corrected chi connectivity index (χ3v) is 6.84. The van der Waals surface area contributed by atoms with Gasteiger partial charge >= 0.3 is 0 Å². The van der Waals surface area contributed by atoms with E-state index in [0.717, 1.165) is 36.3 Å². The predicted molar refractivity (Wildman–Crippen MR) is 103 cm³/mol. The van der Waals surface area contributed by atoms with Crippen molar-refractivity contribution in [2.45, 2.75) is 56.5 Å². The molecule has 0 spiro atoms. The molecule has 2 bridgehead atoms. The first-order valence-electron chi connectivity index (χ1n) is 10.2. The summed E-state index contributed by atoms with van der Waals surface area (Å²) in [6, 6.07) is 5.65. The number of carbonyl (C=O) groups is 4. The normalized spacial score (nSPS) is 31.7. The Hall–Kier alpha value is -2.42. The van der Waals surface area contributed by atoms with Crippen molar-refractivity contribution in [3.8, 4) is 0 Å². The number of fused-ring (bicyclic) bond motifs is 3. The highest BCUT2D eigenvalue weighted by Gasteiger charge is 2.46. The standard InChI is InChI=1S/C21H24N4O4/c26-11-17(27)20-19-12(9-24-14-6-15(24)8-22-7-14)2-1-3-13(19)10-25(20)16-4-5-18(28)23-21(16)29/h1-3,11,14-16,20,22H,4-10H2,(H,23,28,29). The summed E-state index contributed by atoms with van der Waals surface area (Å²) in [5.41, 5.74) is 2.90. The molecule has 2 N–H and O–H groups in total. The van der Waals surface area contributed by atoms with Crippen LogP contribution in [0.4, 0.5) is 0 Å². The fourth-order valence-corrected chi connectivity index (χ4v) is 5.42. The van der Waals surface area contributed by atoms with E-state index in [0.29, 0.717) is 31.3 Å². The van der Waals surface area contributed by atoms with E-state index in [2.05, 4.69) is 15.5 Å². The number of aldehydes is 1. The molecular weight excluding hydrogens is 372 g/mol. The van der Waals surface area contributed by atoms with E-state index in [1.54, 1.807) is 4.90 Å². The van der Waals surface area contributed by atoms with Gasteiger partial charge in [-0.2, -0.15) is 0 Å². The largest absolute Gasteiger partial charge is 0.314 e. The molecule has 4 unspecified atom stereocenters. The average Bonchev–Trinajstić information content (AvgIpc) is 3.11. The van der Waals surface area contributed by atoms with Gasteiger partial charge in [-0.05, 0) is 29.5 Å². The van der Waals surface area contributed by atoms with Gasteiger partial charge in [0.05, 0.1) is 6.04 Å². The van der Waals surface area contributed by atoms with Crippen molar-refractivity contribution >= 4 is 23.9 Å². The first kappa shape index (κ1) is 18.6. The van der Waals surface area contributed by atoms with Gasteiger partial charge in [-0.3, -0.25) is 34.3 Å². The van der Waals surface area contributed by atoms with Crippen LogP contribution in [-0.2, 0) is 32.3 Å². The molecule has 2 amide bonds. The monoisotopic (exact) mass is 396 g/mol. The van der Waals surface area contributed by atoms with Crippen LogP contribution in [0.1, 0.15) is 42.0 Å². The summed E-state index contributed by atoms with van der Waals surface area (Å²) in [7, 11) is 0. The molecule has 0 aliphatic carbocycles. The zero-order chi connectivity index (χ0) is 20.1. The molecule has 0 saturated carbocycles. The maximum Gasteiger partial charge on any atom is 0.243 e. The lowest BCUT2D eigenvalue weighted by Crippen LogP contribution is -2.67. The van der Waals surface area contributed by atoms with E-state index >= 15 is 0 Å². The molecule has 4 atom stereocenters. The number of amides is 2. The van der Waals surface area contributed by atoms with Gasteiger partial charge in [0.2, 0.25) is 17.6 Å². The third-order valence-electron chi connectivity index (χ3n) is 6.84. The number of rotatable bonds is 5. The predicted octanol–water partition coefficient (Wildman–Crippen LogP) is -0.337. The van der Waals surface area contributed by atoms with Crippen LogP contribution < -0.4 is 10.6 Å². The molecule has 0 radical (unpaired) electrons. The lowest BCUT2D eigenvalue weighted by Gasteiger charge is -2.53. The second-order valence-electron chi connectivity index (χ2n) is 8.43. The number of piperidine rings is 2. The van der Waals surface area contributed by atoms with E-state index < -0.39 is 17.9 Å². The fourth-order valence-electron chi connectivity index (χ4n) is 5.42. The van der Waals surface area contributed by atoms with E-state index in [1.165, 1.54) is 6.42 Å². The van der Waals surface area contributed by atoms with Gasteiger partial charge < -0.3 is 5.32 Å². The van der Waals surface area contributed by atoms with E-state index in [-0.39, 0.29) is 18.2 Å². The highest BCUT2D eigenvalue weighted by atomic mass is 16.2. The van der Waals surface area contributed by atoms with Crippen molar-refractivity contribution in [1.29, 1.82) is 0 Å². The molecule has 152 valence electrons. The molecule has 8 heteroatoms. The summed E-state index contributed by atoms with van der Waals surface area (Å²) in [5.74, 6) is -1.21. The van der Waals surface area contributed by atoms with Crippen molar-refractivity contribution in [2.24, 2.45) is 0 Å². The van der Waals surface area contributed by atoms with Crippen molar-refractivity contribution in [2.75, 3.05) is 13.1 Å². The van der Waals surface area contributed by atoms with Gasteiger partial charge in [0.1, 0.15) is 6.04 Å². The fraction of sp³-hybridized carbons (Fsp3) is 0.524. The van der Waals surface area contributed by atoms with Crippen LogP contribution in [0.25, 0.3) is 0 Å². The number of Topliss-reactive ketones (excluding diaryl/α,β-unsaturated/α-hetero) is 1. The maximum atomic E-state index is 12.7. The highest BCUT2D eigenvalue weighted by Crippen LogP contribution is 2.41. The van der Waals surface area contributed by atoms with E-state index in [1.807, 2.05) is 18.2 Å². The van der Waals surface area contributed by atoms with Crippen molar-refractivity contribution in [3.05, 3.63) is 34.9 Å². The van der Waals surface area contributed by atoms with Crippen molar-refractivity contribution in [1.82, 2.24) is 20.4 Å². The SMILES string of the molecule is O=CC(=O)C1c2c(CN3C4CNCC3C4)cccc2CN1C1CCC(=O)NC1=O. The molecule has 8 nitrogen and oxygen atoms in total. The van der Waals surface area contributed by atoms with Crippen molar-refractivity contribution < 1.29 is 19.2 Å². The molecule has 4 aliphatic heterocycles. The number of nitrogens with zero attached hydrogens (tertiary/aromatic N) is 2. The molecule has 3 saturated heterocycles. The Morgan fingerprint density at radius 2 is 2.00 bits per heavy atom. The number of benzene rings is 1. The van der Waals surface area contributed by atoms with Crippen LogP contribution in [0.15, 0.2) is 18.2 Å². The maximum absolute atomic E-state index is 12.7. The summed E-state index contributed by atoms with van der Waals surface area (Å²) in [6.45, 7) is 3.12. The molecule has 5 rings (SSSR count). The van der Waals surface area contributed by atoms with E-state index in [4.69, 9.17) is 0 Å². The first-order valence-corrected chi connectivity index (χ1v) is 10.2. The Bertz CT molecular complexity index is 887. The van der Waals surface area contributed by atoms with Gasteiger partial charge in [-0.25, -0.2) is 0 Å². The van der Waals surface area contributed by atoms with Gasteiger partial charge in [-0.15, -0.1) is 0 Å². The van der Waals surface area contributed by atoms with Crippen LogP contribution >= 0.6 is 0 Å². The third kappa shape index (κ3) is 3.02. The number of hydrogen-bond donors (Lipinski definition) is 2. The Morgan fingerprint density at radius 3 is 2.69 bits per heavy atom. The lowest BCUT2D eigenvalue weighted by atomic mass is 9.86. The number of nitrogens with one attached hydrogen (secondary N) is 2. The minimum Gasteiger partial charge on any atom is -0.314 e. The molecule has 1 aromatic rings. The Morgan fingerprint density at radius 1 is 1.21 bits per heavy atom. The molecule has 1 aromatic carbocycles. The minimum atomic E-state index is -0.762. The molecule has 3 fully saturated rings. The molecule has 4 aliphatic rings.